The number of aliphatic hydroxyl groups excluding tert-OH is 2. The Labute approximate surface area is 140 Å². The van der Waals surface area contributed by atoms with Crippen molar-refractivity contribution in [2.45, 2.75) is 38.4 Å². The van der Waals surface area contributed by atoms with Crippen molar-refractivity contribution in [3.8, 4) is 5.69 Å². The Morgan fingerprint density at radius 3 is 2.58 bits per heavy atom. The van der Waals surface area contributed by atoms with Crippen LogP contribution in [0.2, 0.25) is 0 Å². The largest absolute Gasteiger partial charge is 0.388 e. The Hall–Kier alpha value is -2.18. The number of nitrogens with zero attached hydrogens (tertiary/aromatic N) is 3. The third-order valence-electron chi connectivity index (χ3n) is 5.02. The summed E-state index contributed by atoms with van der Waals surface area (Å²) in [5, 5.41) is 24.0. The van der Waals surface area contributed by atoms with Crippen LogP contribution in [0.3, 0.4) is 0 Å². The van der Waals surface area contributed by atoms with E-state index >= 15 is 0 Å². The van der Waals surface area contributed by atoms with E-state index in [1.165, 1.54) is 4.90 Å². The highest BCUT2D eigenvalue weighted by Crippen LogP contribution is 2.30. The van der Waals surface area contributed by atoms with Crippen LogP contribution in [0.25, 0.3) is 5.69 Å². The molecule has 1 aliphatic heterocycles. The van der Waals surface area contributed by atoms with Crippen molar-refractivity contribution in [1.82, 2.24) is 14.7 Å². The van der Waals surface area contributed by atoms with E-state index in [9.17, 15) is 15.0 Å². The van der Waals surface area contributed by atoms with Gasteiger partial charge in [0.2, 0.25) is 0 Å². The van der Waals surface area contributed by atoms with Gasteiger partial charge in [0.1, 0.15) is 0 Å². The van der Waals surface area contributed by atoms with Gasteiger partial charge in [-0.05, 0) is 37.8 Å². The minimum Gasteiger partial charge on any atom is -0.388 e. The normalized spacial score (nSPS) is 22.9. The molecule has 1 aromatic heterocycles. The van der Waals surface area contributed by atoms with Gasteiger partial charge in [0, 0.05) is 24.3 Å². The molecule has 0 spiro atoms. The second-order valence-corrected chi connectivity index (χ2v) is 6.67. The number of aromatic nitrogens is 2. The zero-order valence-corrected chi connectivity index (χ0v) is 13.6. The summed E-state index contributed by atoms with van der Waals surface area (Å²) in [6.07, 6.45) is 1.03. The molecule has 4 rings (SSSR count). The van der Waals surface area contributed by atoms with E-state index in [1.807, 2.05) is 35.9 Å². The van der Waals surface area contributed by atoms with Crippen LogP contribution in [-0.2, 0) is 12.8 Å². The van der Waals surface area contributed by atoms with Crippen molar-refractivity contribution in [2.75, 3.05) is 13.1 Å². The number of carbonyl (C=O) groups excluding carboxylic acids is 1. The number of hydrogen-bond donors (Lipinski definition) is 2. The van der Waals surface area contributed by atoms with Crippen LogP contribution < -0.4 is 0 Å². The average Bonchev–Trinajstić information content (AvgIpc) is 3.24. The molecule has 1 saturated heterocycles. The Morgan fingerprint density at radius 1 is 1.17 bits per heavy atom. The molecular weight excluding hydrogens is 306 g/mol. The zero-order chi connectivity index (χ0) is 16.8. The molecule has 1 aliphatic carbocycles. The Kier molecular flexibility index (Phi) is 3.66. The van der Waals surface area contributed by atoms with Crippen molar-refractivity contribution < 1.29 is 15.0 Å². The van der Waals surface area contributed by atoms with E-state index in [-0.39, 0.29) is 19.0 Å². The molecule has 2 N–H and O–H groups in total. The summed E-state index contributed by atoms with van der Waals surface area (Å²) in [5.41, 5.74) is 4.69. The Balaban J connectivity index is 1.74. The molecule has 1 amide bonds. The first-order valence-corrected chi connectivity index (χ1v) is 8.38. The molecule has 2 atom stereocenters. The summed E-state index contributed by atoms with van der Waals surface area (Å²) in [5.74, 6) is -0.198. The summed E-state index contributed by atoms with van der Waals surface area (Å²) in [7, 11) is 0. The molecule has 0 radical (unpaired) electrons. The molecule has 24 heavy (non-hydrogen) atoms. The van der Waals surface area contributed by atoms with Gasteiger partial charge in [0.25, 0.3) is 5.91 Å². The summed E-state index contributed by atoms with van der Waals surface area (Å²) in [4.78, 5) is 14.4. The summed E-state index contributed by atoms with van der Waals surface area (Å²) < 4.78 is 1.90. The average molecular weight is 327 g/mol. The predicted octanol–water partition coefficient (Wildman–Crippen LogP) is 0.847. The number of rotatable bonds is 2. The van der Waals surface area contributed by atoms with Crippen molar-refractivity contribution >= 4 is 5.91 Å². The number of carbonyl (C=O) groups is 1. The lowest BCUT2D eigenvalue weighted by Gasteiger charge is -2.14. The second-order valence-electron chi connectivity index (χ2n) is 6.67. The molecule has 2 aliphatic rings. The van der Waals surface area contributed by atoms with Gasteiger partial charge in [-0.15, -0.1) is 0 Å². The Morgan fingerprint density at radius 2 is 1.88 bits per heavy atom. The maximum absolute atomic E-state index is 12.9. The number of likely N-dealkylation sites (tertiary alicyclic amines) is 1. The standard InChI is InChI=1S/C18H21N3O3/c1-11-5-2-3-7-13(11)21-14-8-4-6-12(14)17(19-21)18(24)20-9-15(22)16(23)10-20/h2-3,5,7,15-16,22-23H,4,6,8-10H2,1H3/t15-,16+. The van der Waals surface area contributed by atoms with E-state index in [2.05, 4.69) is 5.10 Å². The van der Waals surface area contributed by atoms with Crippen molar-refractivity contribution in [3.05, 3.63) is 46.8 Å². The van der Waals surface area contributed by atoms with Crippen LogP contribution in [0, 0.1) is 6.92 Å². The molecule has 126 valence electrons. The second kappa shape index (κ2) is 5.72. The van der Waals surface area contributed by atoms with Crippen LogP contribution in [0.1, 0.15) is 33.7 Å². The number of amides is 1. The molecule has 6 nitrogen and oxygen atoms in total. The molecule has 6 heteroatoms. The van der Waals surface area contributed by atoms with Gasteiger partial charge in [0.05, 0.1) is 17.9 Å². The first-order valence-electron chi connectivity index (χ1n) is 8.38. The van der Waals surface area contributed by atoms with Gasteiger partial charge in [-0.25, -0.2) is 4.68 Å². The lowest BCUT2D eigenvalue weighted by molar-refractivity contribution is 0.0572. The van der Waals surface area contributed by atoms with E-state index in [0.717, 1.165) is 41.8 Å². The fourth-order valence-corrected chi connectivity index (χ4v) is 3.69. The molecule has 0 saturated carbocycles. The highest BCUT2D eigenvalue weighted by atomic mass is 16.3. The molecule has 2 aromatic rings. The molecule has 1 fully saturated rings. The molecule has 0 unspecified atom stereocenters. The summed E-state index contributed by atoms with van der Waals surface area (Å²) >= 11 is 0. The number of aryl methyl sites for hydroxylation is 1. The predicted molar refractivity (Wildman–Crippen MR) is 88.2 cm³/mol. The van der Waals surface area contributed by atoms with Crippen molar-refractivity contribution in [2.24, 2.45) is 0 Å². The van der Waals surface area contributed by atoms with Crippen LogP contribution in [0.15, 0.2) is 24.3 Å². The van der Waals surface area contributed by atoms with Gasteiger partial charge in [-0.3, -0.25) is 4.79 Å². The van der Waals surface area contributed by atoms with Gasteiger partial charge in [-0.2, -0.15) is 5.10 Å². The van der Waals surface area contributed by atoms with E-state index in [4.69, 9.17) is 0 Å². The topological polar surface area (TPSA) is 78.6 Å². The third-order valence-corrected chi connectivity index (χ3v) is 5.02. The summed E-state index contributed by atoms with van der Waals surface area (Å²) in [6, 6.07) is 8.01. The smallest absolute Gasteiger partial charge is 0.274 e. The number of fused-ring (bicyclic) bond motifs is 1. The van der Waals surface area contributed by atoms with Crippen LogP contribution in [-0.4, -0.2) is 56.1 Å². The van der Waals surface area contributed by atoms with Gasteiger partial charge >= 0.3 is 0 Å². The fourth-order valence-electron chi connectivity index (χ4n) is 3.69. The van der Waals surface area contributed by atoms with Gasteiger partial charge in [-0.1, -0.05) is 18.2 Å². The SMILES string of the molecule is Cc1ccccc1-n1nc(C(=O)N2C[C@@H](O)[C@@H](O)C2)c2c1CCC2. The Bertz CT molecular complexity index is 789. The quantitative estimate of drug-likeness (QED) is 0.857. The fraction of sp³-hybridized carbons (Fsp3) is 0.444. The maximum atomic E-state index is 12.9. The lowest BCUT2D eigenvalue weighted by Crippen LogP contribution is -2.31. The minimum absolute atomic E-state index is 0.159. The monoisotopic (exact) mass is 327 g/mol. The van der Waals surface area contributed by atoms with Crippen molar-refractivity contribution in [3.63, 3.8) is 0 Å². The molecular formula is C18H21N3O3. The van der Waals surface area contributed by atoms with E-state index in [1.54, 1.807) is 0 Å². The third kappa shape index (κ3) is 2.34. The first kappa shape index (κ1) is 15.4. The number of benzene rings is 1. The molecule has 2 heterocycles. The van der Waals surface area contributed by atoms with Crippen molar-refractivity contribution in [1.29, 1.82) is 0 Å². The van der Waals surface area contributed by atoms with E-state index < -0.39 is 12.2 Å². The number of β-amino-alcohol motifs (C(OH)–C–C–N with tert-alkyl or cyclic N) is 2. The van der Waals surface area contributed by atoms with Crippen LogP contribution >= 0.6 is 0 Å². The van der Waals surface area contributed by atoms with Gasteiger partial charge in [0.15, 0.2) is 5.69 Å². The lowest BCUT2D eigenvalue weighted by atomic mass is 10.1. The first-order chi connectivity index (χ1) is 11.6. The maximum Gasteiger partial charge on any atom is 0.274 e. The van der Waals surface area contributed by atoms with Crippen LogP contribution in [0.4, 0.5) is 0 Å². The highest BCUT2D eigenvalue weighted by molar-refractivity contribution is 5.94. The number of hydrogen-bond acceptors (Lipinski definition) is 4. The molecule has 0 bridgehead atoms. The molecule has 1 aromatic carbocycles. The summed E-state index contributed by atoms with van der Waals surface area (Å²) in [6.45, 7) is 2.35. The van der Waals surface area contributed by atoms with Gasteiger partial charge < -0.3 is 15.1 Å². The van der Waals surface area contributed by atoms with Crippen LogP contribution in [0.5, 0.6) is 0 Å². The zero-order valence-electron chi connectivity index (χ0n) is 13.6. The van der Waals surface area contributed by atoms with E-state index in [0.29, 0.717) is 5.69 Å². The highest BCUT2D eigenvalue weighted by Gasteiger charge is 2.36. The number of aliphatic hydroxyl groups is 2. The number of para-hydroxylation sites is 1. The minimum atomic E-state index is -0.875.